The number of benzene rings is 2. The SMILES string of the molecule is CCCCOc1ccc(/C(O)=C2\C(=O)C(=O)N(CCCN(CC)CC)C2c2ccc(OCC)c(OC)c2)cc1. The van der Waals surface area contributed by atoms with Crippen LogP contribution < -0.4 is 14.2 Å². The van der Waals surface area contributed by atoms with E-state index >= 15 is 0 Å². The Morgan fingerprint density at radius 3 is 2.28 bits per heavy atom. The number of nitrogens with zero attached hydrogens (tertiary/aromatic N) is 2. The molecule has 3 rings (SSSR count). The number of unbranched alkanes of at least 4 members (excludes halogenated alkanes) is 1. The van der Waals surface area contributed by atoms with Crippen molar-refractivity contribution in [1.29, 1.82) is 0 Å². The van der Waals surface area contributed by atoms with E-state index in [-0.39, 0.29) is 11.3 Å². The van der Waals surface area contributed by atoms with E-state index in [4.69, 9.17) is 14.2 Å². The fourth-order valence-electron chi connectivity index (χ4n) is 4.79. The third-order valence-electron chi connectivity index (χ3n) is 7.01. The number of rotatable bonds is 15. The number of likely N-dealkylation sites (tertiary alicyclic amines) is 1. The van der Waals surface area contributed by atoms with E-state index in [1.807, 2.05) is 13.0 Å². The second kappa shape index (κ2) is 14.6. The van der Waals surface area contributed by atoms with Crippen molar-refractivity contribution in [2.24, 2.45) is 0 Å². The van der Waals surface area contributed by atoms with E-state index in [9.17, 15) is 14.7 Å². The smallest absolute Gasteiger partial charge is 0.295 e. The zero-order valence-corrected chi connectivity index (χ0v) is 23.9. The molecule has 1 heterocycles. The lowest BCUT2D eigenvalue weighted by atomic mass is 9.95. The number of aliphatic hydroxyl groups excluding tert-OH is 1. The molecule has 0 bridgehead atoms. The van der Waals surface area contributed by atoms with Crippen molar-refractivity contribution in [3.8, 4) is 17.2 Å². The van der Waals surface area contributed by atoms with Gasteiger partial charge in [0.2, 0.25) is 0 Å². The number of aliphatic hydroxyl groups is 1. The van der Waals surface area contributed by atoms with E-state index in [1.165, 1.54) is 0 Å². The lowest BCUT2D eigenvalue weighted by Crippen LogP contribution is -2.33. The number of ether oxygens (including phenoxy) is 3. The summed E-state index contributed by atoms with van der Waals surface area (Å²) < 4.78 is 17.0. The first kappa shape index (κ1) is 30.0. The third kappa shape index (κ3) is 7.12. The van der Waals surface area contributed by atoms with E-state index in [0.29, 0.717) is 54.6 Å². The predicted molar refractivity (Wildman–Crippen MR) is 152 cm³/mol. The van der Waals surface area contributed by atoms with Crippen molar-refractivity contribution in [3.63, 3.8) is 0 Å². The maximum absolute atomic E-state index is 13.4. The van der Waals surface area contributed by atoms with Gasteiger partial charge in [-0.1, -0.05) is 33.3 Å². The van der Waals surface area contributed by atoms with E-state index < -0.39 is 17.7 Å². The molecule has 8 heteroatoms. The molecule has 0 aliphatic carbocycles. The summed E-state index contributed by atoms with van der Waals surface area (Å²) in [4.78, 5) is 30.5. The lowest BCUT2D eigenvalue weighted by molar-refractivity contribution is -0.140. The van der Waals surface area contributed by atoms with Crippen molar-refractivity contribution >= 4 is 17.4 Å². The van der Waals surface area contributed by atoms with Gasteiger partial charge in [0.1, 0.15) is 11.5 Å². The minimum absolute atomic E-state index is 0.0636. The van der Waals surface area contributed by atoms with Gasteiger partial charge in [-0.05, 0) is 81.4 Å². The number of carbonyl (C=O) groups excluding carboxylic acids is 2. The Labute approximate surface area is 232 Å². The van der Waals surface area contributed by atoms with Crippen molar-refractivity contribution in [2.75, 3.05) is 46.5 Å². The van der Waals surface area contributed by atoms with Crippen LogP contribution in [0.15, 0.2) is 48.0 Å². The van der Waals surface area contributed by atoms with Gasteiger partial charge in [0.05, 0.1) is 31.9 Å². The Bertz CT molecular complexity index is 1140. The van der Waals surface area contributed by atoms with Gasteiger partial charge in [-0.2, -0.15) is 0 Å². The van der Waals surface area contributed by atoms with Gasteiger partial charge in [0.15, 0.2) is 11.5 Å². The van der Waals surface area contributed by atoms with Crippen molar-refractivity contribution < 1.29 is 28.9 Å². The first-order chi connectivity index (χ1) is 18.9. The third-order valence-corrected chi connectivity index (χ3v) is 7.01. The Kier molecular flexibility index (Phi) is 11.2. The van der Waals surface area contributed by atoms with Gasteiger partial charge in [-0.3, -0.25) is 9.59 Å². The fourth-order valence-corrected chi connectivity index (χ4v) is 4.79. The van der Waals surface area contributed by atoms with Crippen LogP contribution in [-0.4, -0.2) is 73.1 Å². The van der Waals surface area contributed by atoms with Crippen LogP contribution in [0.5, 0.6) is 17.2 Å². The molecule has 1 N–H and O–H groups in total. The molecular formula is C31H42N2O6. The highest BCUT2D eigenvalue weighted by atomic mass is 16.5. The molecule has 1 aliphatic heterocycles. The van der Waals surface area contributed by atoms with Crippen LogP contribution in [0.25, 0.3) is 5.76 Å². The summed E-state index contributed by atoms with van der Waals surface area (Å²) in [6.45, 7) is 12.3. The average Bonchev–Trinajstić information content (AvgIpc) is 3.21. The summed E-state index contributed by atoms with van der Waals surface area (Å²) in [5.74, 6) is 0.227. The molecule has 2 aromatic carbocycles. The fraction of sp³-hybridized carbons (Fsp3) is 0.484. The maximum atomic E-state index is 13.4. The molecular weight excluding hydrogens is 496 g/mol. The molecule has 39 heavy (non-hydrogen) atoms. The van der Waals surface area contributed by atoms with Gasteiger partial charge in [-0.15, -0.1) is 0 Å². The Balaban J connectivity index is 2.02. The molecule has 2 aromatic rings. The summed E-state index contributed by atoms with van der Waals surface area (Å²) in [5, 5.41) is 11.4. The minimum atomic E-state index is -0.758. The van der Waals surface area contributed by atoms with Crippen LogP contribution in [0, 0.1) is 0 Å². The second-order valence-electron chi connectivity index (χ2n) is 9.44. The summed E-state index contributed by atoms with van der Waals surface area (Å²) in [6.07, 6.45) is 2.68. The number of methoxy groups -OCH3 is 1. The molecule has 1 saturated heterocycles. The summed E-state index contributed by atoms with van der Waals surface area (Å²) in [6, 6.07) is 11.6. The number of hydrogen-bond donors (Lipinski definition) is 1. The van der Waals surface area contributed by atoms with Gasteiger partial charge >= 0.3 is 0 Å². The molecule has 212 valence electrons. The highest BCUT2D eigenvalue weighted by Gasteiger charge is 2.46. The highest BCUT2D eigenvalue weighted by Crippen LogP contribution is 2.42. The molecule has 1 amide bonds. The normalized spacial score (nSPS) is 16.7. The largest absolute Gasteiger partial charge is 0.507 e. The van der Waals surface area contributed by atoms with Crippen LogP contribution in [-0.2, 0) is 9.59 Å². The second-order valence-corrected chi connectivity index (χ2v) is 9.44. The van der Waals surface area contributed by atoms with E-state index in [0.717, 1.165) is 32.5 Å². The standard InChI is InChI=1S/C31H42N2O6/c1-6-10-20-39-24-15-12-22(13-16-24)29(34)27-28(23-14-17-25(38-9-4)26(21-23)37-5)33(31(36)30(27)35)19-11-18-32(7-2)8-3/h12-17,21,28,34H,6-11,18-20H2,1-5H3/b29-27+. The van der Waals surface area contributed by atoms with Gasteiger partial charge < -0.3 is 29.1 Å². The summed E-state index contributed by atoms with van der Waals surface area (Å²) in [5.41, 5.74) is 1.17. The van der Waals surface area contributed by atoms with Gasteiger partial charge in [0.25, 0.3) is 11.7 Å². The molecule has 1 fully saturated rings. The molecule has 1 unspecified atom stereocenters. The maximum Gasteiger partial charge on any atom is 0.295 e. The molecule has 8 nitrogen and oxygen atoms in total. The summed E-state index contributed by atoms with van der Waals surface area (Å²) >= 11 is 0. The van der Waals surface area contributed by atoms with Crippen LogP contribution in [0.3, 0.4) is 0 Å². The Morgan fingerprint density at radius 1 is 0.949 bits per heavy atom. The molecule has 0 radical (unpaired) electrons. The summed E-state index contributed by atoms with van der Waals surface area (Å²) in [7, 11) is 1.55. The molecule has 0 saturated carbocycles. The average molecular weight is 539 g/mol. The highest BCUT2D eigenvalue weighted by molar-refractivity contribution is 6.46. The van der Waals surface area contributed by atoms with Crippen molar-refractivity contribution in [3.05, 3.63) is 59.2 Å². The lowest BCUT2D eigenvalue weighted by Gasteiger charge is -2.27. The number of hydrogen-bond acceptors (Lipinski definition) is 7. The van der Waals surface area contributed by atoms with Crippen LogP contribution in [0.1, 0.15) is 64.1 Å². The van der Waals surface area contributed by atoms with Crippen molar-refractivity contribution in [1.82, 2.24) is 9.80 Å². The monoisotopic (exact) mass is 538 g/mol. The molecule has 0 aromatic heterocycles. The van der Waals surface area contributed by atoms with Crippen LogP contribution in [0.4, 0.5) is 0 Å². The van der Waals surface area contributed by atoms with Crippen LogP contribution in [0.2, 0.25) is 0 Å². The first-order valence-corrected chi connectivity index (χ1v) is 13.9. The molecule has 1 atom stereocenters. The Morgan fingerprint density at radius 2 is 1.67 bits per heavy atom. The Hall–Kier alpha value is -3.52. The van der Waals surface area contributed by atoms with Crippen LogP contribution >= 0.6 is 0 Å². The van der Waals surface area contributed by atoms with E-state index in [2.05, 4.69) is 25.7 Å². The first-order valence-electron chi connectivity index (χ1n) is 13.9. The van der Waals surface area contributed by atoms with Gasteiger partial charge in [-0.25, -0.2) is 0 Å². The van der Waals surface area contributed by atoms with E-state index in [1.54, 1.807) is 48.4 Å². The predicted octanol–water partition coefficient (Wildman–Crippen LogP) is 5.43. The number of Topliss-reactive ketones (excluding diaryl/α,β-unsaturated/α-hetero) is 1. The zero-order valence-electron chi connectivity index (χ0n) is 23.9. The quantitative estimate of drug-likeness (QED) is 0.140. The minimum Gasteiger partial charge on any atom is -0.507 e. The van der Waals surface area contributed by atoms with Crippen molar-refractivity contribution in [2.45, 2.75) is 53.0 Å². The topological polar surface area (TPSA) is 88.5 Å². The van der Waals surface area contributed by atoms with Gasteiger partial charge in [0, 0.05) is 12.1 Å². The molecule has 1 aliphatic rings. The number of carbonyl (C=O) groups is 2. The number of ketones is 1. The molecule has 0 spiro atoms. The zero-order chi connectivity index (χ0) is 28.4. The number of amides is 1.